The van der Waals surface area contributed by atoms with E-state index in [-0.39, 0.29) is 11.1 Å². The second-order valence-electron chi connectivity index (χ2n) is 12.1. The van der Waals surface area contributed by atoms with Gasteiger partial charge in [-0.2, -0.15) is 17.6 Å². The van der Waals surface area contributed by atoms with Gasteiger partial charge in [0, 0.05) is 11.1 Å². The molecule has 0 aromatic rings. The lowest BCUT2D eigenvalue weighted by Crippen LogP contribution is -2.49. The summed E-state index contributed by atoms with van der Waals surface area (Å²) in [6, 6.07) is 0. The molecule has 0 N–H and O–H groups in total. The lowest BCUT2D eigenvalue weighted by Gasteiger charge is -2.43. The van der Waals surface area contributed by atoms with Crippen molar-refractivity contribution in [2.45, 2.75) is 128 Å². The maximum atomic E-state index is 15.3. The first-order valence-corrected chi connectivity index (χ1v) is 14.5. The topological polar surface area (TPSA) is 0 Å². The standard InChI is InChI=1S/C30H46F4/c1-3-5-21-7-11-23(12-8-21)24-15-17-26(18-16-24)28-20-19-27(29(31,32)30(28,33)34)25-13-9-22(6-4-2)10-14-25/h19-26H,3-18H2,1-2H3. The molecular formula is C30H46F4. The van der Waals surface area contributed by atoms with Gasteiger partial charge in [-0.25, -0.2) is 0 Å². The highest BCUT2D eigenvalue weighted by atomic mass is 19.3. The Bertz CT molecular complexity index is 712. The van der Waals surface area contributed by atoms with Crippen LogP contribution in [0.1, 0.15) is 117 Å². The fourth-order valence-electron chi connectivity index (χ4n) is 7.96. The van der Waals surface area contributed by atoms with Crippen molar-refractivity contribution in [1.82, 2.24) is 0 Å². The molecule has 0 aliphatic heterocycles. The van der Waals surface area contributed by atoms with Gasteiger partial charge in [-0.3, -0.25) is 0 Å². The minimum absolute atomic E-state index is 0.286. The van der Waals surface area contributed by atoms with Gasteiger partial charge in [0.15, 0.2) is 0 Å². The van der Waals surface area contributed by atoms with E-state index >= 15 is 17.6 Å². The van der Waals surface area contributed by atoms with Crippen LogP contribution in [0.5, 0.6) is 0 Å². The van der Waals surface area contributed by atoms with E-state index in [0.29, 0.717) is 43.4 Å². The quantitative estimate of drug-likeness (QED) is 0.317. The SMILES string of the molecule is CCCC1CCC(C2=CC=C(C3CCC(C4CCC(CCC)CC4)CC3)C(F)(F)C2(F)F)CC1. The Hall–Kier alpha value is -0.800. The Morgan fingerprint density at radius 1 is 0.559 bits per heavy atom. The fraction of sp³-hybridized carbons (Fsp3) is 0.867. The largest absolute Gasteiger partial charge is 0.336 e. The lowest BCUT2D eigenvalue weighted by molar-refractivity contribution is -0.173. The van der Waals surface area contributed by atoms with E-state index in [0.717, 1.165) is 44.4 Å². The van der Waals surface area contributed by atoms with Gasteiger partial charge >= 0.3 is 11.8 Å². The molecule has 0 amide bonds. The lowest BCUT2D eigenvalue weighted by atomic mass is 9.66. The Morgan fingerprint density at radius 2 is 0.882 bits per heavy atom. The van der Waals surface area contributed by atoms with Crippen LogP contribution in [0.4, 0.5) is 17.6 Å². The number of allylic oxidation sites excluding steroid dienone is 4. The number of alkyl halides is 4. The van der Waals surface area contributed by atoms with Crippen LogP contribution in [0.15, 0.2) is 23.3 Å². The third kappa shape index (κ3) is 5.31. The smallest absolute Gasteiger partial charge is 0.194 e. The van der Waals surface area contributed by atoms with Crippen molar-refractivity contribution in [3.05, 3.63) is 23.3 Å². The Kier molecular flexibility index (Phi) is 8.56. The van der Waals surface area contributed by atoms with Gasteiger partial charge in [-0.15, -0.1) is 0 Å². The first-order chi connectivity index (χ1) is 16.3. The second kappa shape index (κ2) is 11.1. The molecule has 4 heteroatoms. The van der Waals surface area contributed by atoms with Gasteiger partial charge in [0.25, 0.3) is 0 Å². The van der Waals surface area contributed by atoms with Crippen molar-refractivity contribution in [3.63, 3.8) is 0 Å². The van der Waals surface area contributed by atoms with E-state index in [1.807, 2.05) is 0 Å². The molecule has 4 rings (SSSR count). The second-order valence-corrected chi connectivity index (χ2v) is 12.1. The van der Waals surface area contributed by atoms with E-state index in [2.05, 4.69) is 13.8 Å². The van der Waals surface area contributed by atoms with Crippen molar-refractivity contribution in [2.24, 2.45) is 35.5 Å². The highest BCUT2D eigenvalue weighted by molar-refractivity contribution is 5.40. The zero-order chi connectivity index (χ0) is 24.3. The molecule has 0 aromatic carbocycles. The molecule has 0 atom stereocenters. The number of hydrogen-bond donors (Lipinski definition) is 0. The summed E-state index contributed by atoms with van der Waals surface area (Å²) in [4.78, 5) is 0. The molecule has 3 saturated carbocycles. The van der Waals surface area contributed by atoms with Crippen molar-refractivity contribution in [2.75, 3.05) is 0 Å². The summed E-state index contributed by atoms with van der Waals surface area (Å²) in [6.45, 7) is 4.39. The first-order valence-electron chi connectivity index (χ1n) is 14.5. The van der Waals surface area contributed by atoms with E-state index in [1.165, 1.54) is 50.7 Å². The average Bonchev–Trinajstić information content (AvgIpc) is 2.83. The van der Waals surface area contributed by atoms with Crippen LogP contribution in [0.2, 0.25) is 0 Å². The maximum Gasteiger partial charge on any atom is 0.336 e. The van der Waals surface area contributed by atoms with E-state index in [4.69, 9.17) is 0 Å². The molecule has 0 spiro atoms. The fourth-order valence-corrected chi connectivity index (χ4v) is 7.96. The minimum atomic E-state index is -4.05. The molecule has 0 nitrogen and oxygen atoms in total. The van der Waals surface area contributed by atoms with E-state index < -0.39 is 23.7 Å². The zero-order valence-corrected chi connectivity index (χ0v) is 21.4. The first kappa shape index (κ1) is 26.3. The van der Waals surface area contributed by atoms with Crippen molar-refractivity contribution in [1.29, 1.82) is 0 Å². The molecule has 4 aliphatic rings. The molecule has 0 bridgehead atoms. The normalized spacial score (nSPS) is 38.2. The summed E-state index contributed by atoms with van der Waals surface area (Å²) in [6.07, 6.45) is 18.9. The van der Waals surface area contributed by atoms with Gasteiger partial charge in [-0.1, -0.05) is 64.5 Å². The van der Waals surface area contributed by atoms with Crippen molar-refractivity contribution < 1.29 is 17.6 Å². The van der Waals surface area contributed by atoms with E-state index in [9.17, 15) is 0 Å². The molecule has 0 radical (unpaired) electrons. The number of hydrogen-bond acceptors (Lipinski definition) is 0. The van der Waals surface area contributed by atoms with Crippen LogP contribution in [0.25, 0.3) is 0 Å². The third-order valence-electron chi connectivity index (χ3n) is 10.0. The van der Waals surface area contributed by atoms with Crippen LogP contribution in [0.3, 0.4) is 0 Å². The Morgan fingerprint density at radius 3 is 1.26 bits per heavy atom. The Labute approximate surface area is 205 Å². The van der Waals surface area contributed by atoms with Crippen LogP contribution in [0, 0.1) is 35.5 Å². The van der Waals surface area contributed by atoms with Crippen LogP contribution < -0.4 is 0 Å². The summed E-state index contributed by atoms with van der Waals surface area (Å²) in [5, 5.41) is 0. The molecule has 4 aliphatic carbocycles. The van der Waals surface area contributed by atoms with Crippen molar-refractivity contribution >= 4 is 0 Å². The van der Waals surface area contributed by atoms with Crippen LogP contribution in [-0.4, -0.2) is 11.8 Å². The van der Waals surface area contributed by atoms with Gasteiger partial charge in [0.1, 0.15) is 0 Å². The van der Waals surface area contributed by atoms with E-state index in [1.54, 1.807) is 0 Å². The molecule has 0 aromatic heterocycles. The molecule has 34 heavy (non-hydrogen) atoms. The Balaban J connectivity index is 1.38. The third-order valence-corrected chi connectivity index (χ3v) is 10.0. The summed E-state index contributed by atoms with van der Waals surface area (Å²) < 4.78 is 61.3. The van der Waals surface area contributed by atoms with Gasteiger partial charge < -0.3 is 0 Å². The average molecular weight is 483 g/mol. The summed E-state index contributed by atoms with van der Waals surface area (Å²) in [7, 11) is 0. The molecular weight excluding hydrogens is 436 g/mol. The highest BCUT2D eigenvalue weighted by Crippen LogP contribution is 2.55. The number of halogens is 4. The predicted octanol–water partition coefficient (Wildman–Crippen LogP) is 10.1. The molecule has 0 saturated heterocycles. The van der Waals surface area contributed by atoms with Crippen LogP contribution in [-0.2, 0) is 0 Å². The molecule has 0 heterocycles. The molecule has 3 fully saturated rings. The predicted molar refractivity (Wildman–Crippen MR) is 132 cm³/mol. The minimum Gasteiger partial charge on any atom is -0.194 e. The number of rotatable bonds is 7. The molecule has 0 unspecified atom stereocenters. The van der Waals surface area contributed by atoms with Gasteiger partial charge in [0.05, 0.1) is 0 Å². The maximum absolute atomic E-state index is 15.3. The van der Waals surface area contributed by atoms with Crippen molar-refractivity contribution in [3.8, 4) is 0 Å². The summed E-state index contributed by atoms with van der Waals surface area (Å²) in [5.41, 5.74) is -0.584. The monoisotopic (exact) mass is 482 g/mol. The summed E-state index contributed by atoms with van der Waals surface area (Å²) >= 11 is 0. The summed E-state index contributed by atoms with van der Waals surface area (Å²) in [5.74, 6) is -6.14. The van der Waals surface area contributed by atoms with Crippen LogP contribution >= 0.6 is 0 Å². The highest BCUT2D eigenvalue weighted by Gasteiger charge is 2.64. The molecule has 194 valence electrons. The zero-order valence-electron chi connectivity index (χ0n) is 21.4. The van der Waals surface area contributed by atoms with Gasteiger partial charge in [0.2, 0.25) is 0 Å². The van der Waals surface area contributed by atoms with Gasteiger partial charge in [-0.05, 0) is 99.7 Å².